The van der Waals surface area contributed by atoms with Crippen LogP contribution in [0.3, 0.4) is 0 Å². The average Bonchev–Trinajstić information content (AvgIpc) is 2.33. The number of alkyl halides is 1. The fraction of sp³-hybridized carbons (Fsp3) is 0.615. The smallest absolute Gasteiger partial charge is 0.128 e. The van der Waals surface area contributed by atoms with E-state index in [1.807, 2.05) is 6.92 Å². The Bertz CT molecular complexity index is 380. The number of anilines is 1. The summed E-state index contributed by atoms with van der Waals surface area (Å²) < 4.78 is 1.09. The number of pyridine rings is 1. The van der Waals surface area contributed by atoms with Crippen LogP contribution in [0, 0.1) is 12.8 Å². The van der Waals surface area contributed by atoms with Crippen molar-refractivity contribution < 1.29 is 0 Å². The lowest BCUT2D eigenvalue weighted by Gasteiger charge is -2.33. The summed E-state index contributed by atoms with van der Waals surface area (Å²) in [6, 6.07) is 4.22. The highest BCUT2D eigenvalue weighted by Crippen LogP contribution is 2.26. The molecule has 0 bridgehead atoms. The Labute approximate surface area is 120 Å². The maximum absolute atomic E-state index is 4.66. The lowest BCUT2D eigenvalue weighted by atomic mass is 9.96. The molecule has 1 atom stereocenters. The molecular formula is C13H18Br2N2. The molecule has 1 fully saturated rings. The molecule has 94 valence electrons. The van der Waals surface area contributed by atoms with Crippen LogP contribution < -0.4 is 4.90 Å². The number of aryl methyl sites for hydroxylation is 1. The molecule has 2 rings (SSSR count). The summed E-state index contributed by atoms with van der Waals surface area (Å²) in [7, 11) is 0. The number of hydrogen-bond acceptors (Lipinski definition) is 2. The molecule has 0 saturated carbocycles. The number of piperidine rings is 1. The number of rotatable bonds is 3. The van der Waals surface area contributed by atoms with Crippen LogP contribution in [0.4, 0.5) is 5.82 Å². The van der Waals surface area contributed by atoms with Crippen molar-refractivity contribution in [2.24, 2.45) is 5.92 Å². The van der Waals surface area contributed by atoms with Crippen molar-refractivity contribution in [3.63, 3.8) is 0 Å². The van der Waals surface area contributed by atoms with Gasteiger partial charge in [-0.05, 0) is 60.2 Å². The SMILES string of the molecule is Cc1nc(N2CCCC(CCBr)C2)ccc1Br. The Kier molecular flexibility index (Phi) is 4.86. The van der Waals surface area contributed by atoms with Gasteiger partial charge in [0.25, 0.3) is 0 Å². The zero-order chi connectivity index (χ0) is 12.3. The van der Waals surface area contributed by atoms with Gasteiger partial charge in [-0.1, -0.05) is 15.9 Å². The highest BCUT2D eigenvalue weighted by Gasteiger charge is 2.20. The first-order valence-corrected chi connectivity index (χ1v) is 8.06. The van der Waals surface area contributed by atoms with Gasteiger partial charge < -0.3 is 4.90 Å². The Hall–Kier alpha value is -0.0900. The summed E-state index contributed by atoms with van der Waals surface area (Å²) in [4.78, 5) is 7.09. The molecule has 0 N–H and O–H groups in total. The van der Waals surface area contributed by atoms with E-state index in [1.165, 1.54) is 19.3 Å². The molecule has 1 aliphatic heterocycles. The number of aromatic nitrogens is 1. The van der Waals surface area contributed by atoms with Gasteiger partial charge in [0.1, 0.15) is 5.82 Å². The van der Waals surface area contributed by atoms with E-state index in [0.717, 1.165) is 40.3 Å². The van der Waals surface area contributed by atoms with Gasteiger partial charge in [-0.25, -0.2) is 4.98 Å². The van der Waals surface area contributed by atoms with Crippen molar-refractivity contribution >= 4 is 37.7 Å². The summed E-state index contributed by atoms with van der Waals surface area (Å²) in [5.74, 6) is 1.94. The number of halogens is 2. The van der Waals surface area contributed by atoms with Crippen LogP contribution in [0.5, 0.6) is 0 Å². The van der Waals surface area contributed by atoms with Crippen LogP contribution in [-0.4, -0.2) is 23.4 Å². The van der Waals surface area contributed by atoms with Gasteiger partial charge in [-0.2, -0.15) is 0 Å². The lowest BCUT2D eigenvalue weighted by Crippen LogP contribution is -2.36. The molecule has 0 spiro atoms. The van der Waals surface area contributed by atoms with E-state index in [2.05, 4.69) is 53.9 Å². The van der Waals surface area contributed by atoms with E-state index in [0.29, 0.717) is 0 Å². The van der Waals surface area contributed by atoms with Crippen molar-refractivity contribution in [3.05, 3.63) is 22.3 Å². The zero-order valence-electron chi connectivity index (χ0n) is 10.1. The zero-order valence-corrected chi connectivity index (χ0v) is 13.3. The predicted molar refractivity (Wildman–Crippen MR) is 80.0 cm³/mol. The minimum atomic E-state index is 0.814. The standard InChI is InChI=1S/C13H18Br2N2/c1-10-12(15)4-5-13(16-10)17-8-2-3-11(9-17)6-7-14/h4-5,11H,2-3,6-9H2,1H3. The second-order valence-corrected chi connectivity index (χ2v) is 6.32. The largest absolute Gasteiger partial charge is 0.356 e. The quantitative estimate of drug-likeness (QED) is 0.751. The van der Waals surface area contributed by atoms with Gasteiger partial charge in [0.15, 0.2) is 0 Å². The van der Waals surface area contributed by atoms with Crippen LogP contribution >= 0.6 is 31.9 Å². The van der Waals surface area contributed by atoms with E-state index < -0.39 is 0 Å². The number of hydrogen-bond donors (Lipinski definition) is 0. The second-order valence-electron chi connectivity index (χ2n) is 4.67. The summed E-state index contributed by atoms with van der Waals surface area (Å²) in [6.45, 7) is 4.35. The molecule has 0 radical (unpaired) electrons. The summed E-state index contributed by atoms with van der Waals surface area (Å²) in [5.41, 5.74) is 1.07. The summed E-state index contributed by atoms with van der Waals surface area (Å²) in [6.07, 6.45) is 3.91. The predicted octanol–water partition coefficient (Wildman–Crippen LogP) is 4.15. The summed E-state index contributed by atoms with van der Waals surface area (Å²) in [5, 5.41) is 1.11. The van der Waals surface area contributed by atoms with Crippen LogP contribution in [0.15, 0.2) is 16.6 Å². The van der Waals surface area contributed by atoms with E-state index in [-0.39, 0.29) is 0 Å². The van der Waals surface area contributed by atoms with Crippen LogP contribution in [0.25, 0.3) is 0 Å². The van der Waals surface area contributed by atoms with E-state index in [4.69, 9.17) is 0 Å². The summed E-state index contributed by atoms with van der Waals surface area (Å²) >= 11 is 7.04. The third kappa shape index (κ3) is 3.44. The molecule has 2 nitrogen and oxygen atoms in total. The fourth-order valence-corrected chi connectivity index (χ4v) is 3.24. The first kappa shape index (κ1) is 13.3. The van der Waals surface area contributed by atoms with Crippen molar-refractivity contribution in [2.75, 3.05) is 23.3 Å². The molecule has 17 heavy (non-hydrogen) atoms. The van der Waals surface area contributed by atoms with Crippen molar-refractivity contribution in [1.29, 1.82) is 0 Å². The van der Waals surface area contributed by atoms with Gasteiger partial charge in [0.05, 0.1) is 5.69 Å². The molecule has 0 amide bonds. The molecule has 1 aromatic heterocycles. The van der Waals surface area contributed by atoms with E-state index >= 15 is 0 Å². The Balaban J connectivity index is 2.08. The molecule has 0 aliphatic carbocycles. The molecule has 1 saturated heterocycles. The maximum atomic E-state index is 4.66. The third-order valence-corrected chi connectivity index (χ3v) is 4.66. The maximum Gasteiger partial charge on any atom is 0.128 e. The van der Waals surface area contributed by atoms with Crippen LogP contribution in [0.2, 0.25) is 0 Å². The first-order valence-electron chi connectivity index (χ1n) is 6.14. The van der Waals surface area contributed by atoms with Crippen molar-refractivity contribution in [3.8, 4) is 0 Å². The molecule has 0 aromatic carbocycles. The van der Waals surface area contributed by atoms with Crippen molar-refractivity contribution in [2.45, 2.75) is 26.2 Å². The number of nitrogens with zero attached hydrogens (tertiary/aromatic N) is 2. The third-order valence-electron chi connectivity index (χ3n) is 3.37. The Morgan fingerprint density at radius 2 is 2.29 bits per heavy atom. The Morgan fingerprint density at radius 1 is 1.47 bits per heavy atom. The monoisotopic (exact) mass is 360 g/mol. The lowest BCUT2D eigenvalue weighted by molar-refractivity contribution is 0.406. The molecule has 1 unspecified atom stereocenters. The minimum Gasteiger partial charge on any atom is -0.356 e. The second kappa shape index (κ2) is 6.19. The minimum absolute atomic E-state index is 0.814. The highest BCUT2D eigenvalue weighted by molar-refractivity contribution is 9.10. The fourth-order valence-electron chi connectivity index (χ4n) is 2.37. The van der Waals surface area contributed by atoms with Gasteiger partial charge in [0.2, 0.25) is 0 Å². The van der Waals surface area contributed by atoms with Gasteiger partial charge in [-0.15, -0.1) is 0 Å². The highest BCUT2D eigenvalue weighted by atomic mass is 79.9. The topological polar surface area (TPSA) is 16.1 Å². The molecule has 1 aromatic rings. The molecular weight excluding hydrogens is 344 g/mol. The van der Waals surface area contributed by atoms with Gasteiger partial charge >= 0.3 is 0 Å². The van der Waals surface area contributed by atoms with Gasteiger partial charge in [-0.3, -0.25) is 0 Å². The van der Waals surface area contributed by atoms with Gasteiger partial charge in [0, 0.05) is 22.9 Å². The molecule has 4 heteroatoms. The average molecular weight is 362 g/mol. The molecule has 2 heterocycles. The van der Waals surface area contributed by atoms with Crippen LogP contribution in [-0.2, 0) is 0 Å². The van der Waals surface area contributed by atoms with E-state index in [1.54, 1.807) is 0 Å². The van der Waals surface area contributed by atoms with E-state index in [9.17, 15) is 0 Å². The molecule has 1 aliphatic rings. The first-order chi connectivity index (χ1) is 8.20. The Morgan fingerprint density at radius 3 is 3.00 bits per heavy atom. The van der Waals surface area contributed by atoms with Crippen molar-refractivity contribution in [1.82, 2.24) is 4.98 Å². The van der Waals surface area contributed by atoms with Crippen LogP contribution in [0.1, 0.15) is 25.0 Å². The normalized spacial score (nSPS) is 20.6.